The molecule has 3 heteroatoms. The van der Waals surface area contributed by atoms with Gasteiger partial charge in [0.2, 0.25) is 0 Å². The number of pyridine rings is 1. The molecule has 0 aliphatic rings. The molecule has 0 saturated heterocycles. The average Bonchev–Trinajstić information content (AvgIpc) is 2.90. The molecule has 4 rings (SSSR count). The molecule has 2 heterocycles. The fraction of sp³-hybridized carbons (Fsp3) is 0.227. The molecule has 0 aliphatic carbocycles. The van der Waals surface area contributed by atoms with E-state index < -0.39 is 13.3 Å². The molecule has 2 nitrogen and oxygen atoms in total. The Kier molecular flexibility index (Phi) is 3.76. The molecule has 0 unspecified atom stereocenters. The average molecular weight is 390 g/mol. The van der Waals surface area contributed by atoms with E-state index in [4.69, 9.17) is 4.42 Å². The van der Waals surface area contributed by atoms with Crippen molar-refractivity contribution in [1.82, 2.24) is 4.98 Å². The van der Waals surface area contributed by atoms with E-state index in [1.807, 2.05) is 6.20 Å². The van der Waals surface area contributed by atoms with Gasteiger partial charge in [0.15, 0.2) is 0 Å². The monoisotopic (exact) mass is 391 g/mol. The second-order valence-corrected chi connectivity index (χ2v) is 18.6. The van der Waals surface area contributed by atoms with Crippen LogP contribution in [0.3, 0.4) is 0 Å². The van der Waals surface area contributed by atoms with Gasteiger partial charge in [-0.2, -0.15) is 0 Å². The molecule has 0 radical (unpaired) electrons. The van der Waals surface area contributed by atoms with E-state index in [9.17, 15) is 0 Å². The summed E-state index contributed by atoms with van der Waals surface area (Å²) in [6.07, 6.45) is 1.89. The minimum absolute atomic E-state index is 0.890. The first-order valence-corrected chi connectivity index (χ1v) is 16.1. The second kappa shape index (κ2) is 5.74. The van der Waals surface area contributed by atoms with Crippen molar-refractivity contribution in [3.8, 4) is 11.3 Å². The van der Waals surface area contributed by atoms with Gasteiger partial charge in [-0.05, 0) is 0 Å². The van der Waals surface area contributed by atoms with Gasteiger partial charge in [0.05, 0.1) is 0 Å². The van der Waals surface area contributed by atoms with Crippen LogP contribution in [0.1, 0.15) is 11.1 Å². The quantitative estimate of drug-likeness (QED) is 0.404. The molecule has 0 aliphatic heterocycles. The molecule has 0 saturated carbocycles. The van der Waals surface area contributed by atoms with Crippen LogP contribution in [0.2, 0.25) is 17.3 Å². The van der Waals surface area contributed by atoms with Gasteiger partial charge in [-0.15, -0.1) is 0 Å². The van der Waals surface area contributed by atoms with Crippen molar-refractivity contribution in [2.24, 2.45) is 0 Å². The predicted octanol–water partition coefficient (Wildman–Crippen LogP) is 5.81. The van der Waals surface area contributed by atoms with E-state index in [2.05, 4.69) is 78.6 Å². The maximum atomic E-state index is 6.32. The third-order valence-corrected chi connectivity index (χ3v) is 9.04. The summed E-state index contributed by atoms with van der Waals surface area (Å²) in [5.41, 5.74) is 6.41. The molecule has 0 fully saturated rings. The van der Waals surface area contributed by atoms with Crippen LogP contribution in [0.4, 0.5) is 0 Å². The summed E-state index contributed by atoms with van der Waals surface area (Å²) in [5, 5.41) is 2.32. The van der Waals surface area contributed by atoms with Gasteiger partial charge in [0.1, 0.15) is 0 Å². The number of aryl methyl sites for hydroxylation is 2. The van der Waals surface area contributed by atoms with Gasteiger partial charge in [0.25, 0.3) is 0 Å². The van der Waals surface area contributed by atoms with E-state index in [0.29, 0.717) is 0 Å². The van der Waals surface area contributed by atoms with Crippen molar-refractivity contribution in [2.75, 3.05) is 0 Å². The zero-order valence-corrected chi connectivity index (χ0v) is 17.6. The number of nitrogens with zero attached hydrogens (tertiary/aromatic N) is 1. The molecule has 0 bridgehead atoms. The van der Waals surface area contributed by atoms with Crippen molar-refractivity contribution in [3.05, 3.63) is 59.8 Å². The predicted molar refractivity (Wildman–Crippen MR) is 109 cm³/mol. The van der Waals surface area contributed by atoms with Crippen LogP contribution >= 0.6 is 0 Å². The molecule has 0 N–H and O–H groups in total. The number of hydrogen-bond donors (Lipinski definition) is 0. The van der Waals surface area contributed by atoms with Crippen molar-refractivity contribution in [3.63, 3.8) is 0 Å². The van der Waals surface area contributed by atoms with Gasteiger partial charge in [-0.25, -0.2) is 0 Å². The summed E-state index contributed by atoms with van der Waals surface area (Å²) in [4.78, 5) is 4.64. The number of furan rings is 1. The SMILES string of the molecule is Cc1cc(C)cc(-c2nccc3c2oc2c[c]([Ge]([CH3])([CH3])[CH3])ccc23)c1. The topological polar surface area (TPSA) is 26.0 Å². The first-order valence-electron chi connectivity index (χ1n) is 8.73. The Morgan fingerprint density at radius 2 is 1.56 bits per heavy atom. The Morgan fingerprint density at radius 3 is 2.24 bits per heavy atom. The Hall–Kier alpha value is -2.07. The van der Waals surface area contributed by atoms with E-state index in [1.54, 1.807) is 0 Å². The second-order valence-electron chi connectivity index (χ2n) is 7.98. The van der Waals surface area contributed by atoms with E-state index >= 15 is 0 Å². The Bertz CT molecular complexity index is 1080. The van der Waals surface area contributed by atoms with Crippen LogP contribution in [0, 0.1) is 13.8 Å². The van der Waals surface area contributed by atoms with Crippen LogP contribution in [0.5, 0.6) is 0 Å². The summed E-state index contributed by atoms with van der Waals surface area (Å²) in [5.74, 6) is 7.23. The van der Waals surface area contributed by atoms with Crippen molar-refractivity contribution >= 4 is 39.6 Å². The summed E-state index contributed by atoms with van der Waals surface area (Å²) in [7, 11) is 0. The summed E-state index contributed by atoms with van der Waals surface area (Å²) in [6.45, 7) is 4.24. The molecular weight excluding hydrogens is 367 g/mol. The number of benzene rings is 2. The zero-order chi connectivity index (χ0) is 17.8. The first kappa shape index (κ1) is 16.4. The first-order chi connectivity index (χ1) is 11.8. The van der Waals surface area contributed by atoms with Crippen LogP contribution < -0.4 is 4.40 Å². The fourth-order valence-electron chi connectivity index (χ4n) is 3.49. The van der Waals surface area contributed by atoms with E-state index in [1.165, 1.54) is 20.9 Å². The summed E-state index contributed by atoms with van der Waals surface area (Å²) in [6, 6.07) is 15.4. The van der Waals surface area contributed by atoms with Crippen molar-refractivity contribution in [1.29, 1.82) is 0 Å². The molecule has 2 aromatic carbocycles. The molecule has 4 aromatic rings. The maximum absolute atomic E-state index is 6.32. The Balaban J connectivity index is 2.01. The van der Waals surface area contributed by atoms with Gasteiger partial charge in [-0.1, -0.05) is 0 Å². The summed E-state index contributed by atoms with van der Waals surface area (Å²) < 4.78 is 7.79. The van der Waals surface area contributed by atoms with Crippen LogP contribution in [0.25, 0.3) is 33.2 Å². The fourth-order valence-corrected chi connectivity index (χ4v) is 5.89. The molecule has 0 atom stereocenters. The molecule has 25 heavy (non-hydrogen) atoms. The standard InChI is InChI=1S/C22H23GeNO/c1-14-10-15(2)12-16(11-14)21-22-19(8-9-24-21)18-7-6-17(23(3,4)5)13-20(18)25-22/h6-13H,1-5H3. The number of hydrogen-bond acceptors (Lipinski definition) is 2. The van der Waals surface area contributed by atoms with Crippen molar-refractivity contribution in [2.45, 2.75) is 31.1 Å². The molecular formula is C22H23GeNO. The zero-order valence-electron chi connectivity index (χ0n) is 15.5. The number of aromatic nitrogens is 1. The molecule has 0 amide bonds. The van der Waals surface area contributed by atoms with Gasteiger partial charge in [0, 0.05) is 0 Å². The molecule has 2 aromatic heterocycles. The van der Waals surface area contributed by atoms with E-state index in [0.717, 1.165) is 27.8 Å². The summed E-state index contributed by atoms with van der Waals surface area (Å²) >= 11 is -1.88. The number of fused-ring (bicyclic) bond motifs is 3. The van der Waals surface area contributed by atoms with Gasteiger partial charge in [-0.3, -0.25) is 0 Å². The van der Waals surface area contributed by atoms with Gasteiger partial charge >= 0.3 is 151 Å². The third kappa shape index (κ3) is 2.89. The minimum atomic E-state index is -1.88. The van der Waals surface area contributed by atoms with Crippen LogP contribution in [0.15, 0.2) is 53.1 Å². The van der Waals surface area contributed by atoms with Crippen LogP contribution in [-0.4, -0.2) is 18.3 Å². The normalized spacial score (nSPS) is 12.2. The Labute approximate surface area is 151 Å². The van der Waals surface area contributed by atoms with Crippen LogP contribution in [-0.2, 0) is 0 Å². The molecule has 0 spiro atoms. The van der Waals surface area contributed by atoms with E-state index in [-0.39, 0.29) is 0 Å². The third-order valence-electron chi connectivity index (χ3n) is 4.75. The Morgan fingerprint density at radius 1 is 0.840 bits per heavy atom. The molecule has 126 valence electrons. The van der Waals surface area contributed by atoms with Gasteiger partial charge < -0.3 is 0 Å². The number of rotatable bonds is 2. The van der Waals surface area contributed by atoms with Crippen molar-refractivity contribution < 1.29 is 4.42 Å².